The summed E-state index contributed by atoms with van der Waals surface area (Å²) in [6, 6.07) is 7.72. The number of benzene rings is 1. The molecule has 0 unspecified atom stereocenters. The van der Waals surface area contributed by atoms with E-state index in [0.29, 0.717) is 29.4 Å². The lowest BCUT2D eigenvalue weighted by molar-refractivity contribution is -0.384. The Hall–Kier alpha value is -3.09. The molecule has 1 aromatic heterocycles. The van der Waals surface area contributed by atoms with Gasteiger partial charge in [0.1, 0.15) is 17.3 Å². The molecular weight excluding hydrogens is 288 g/mol. The first kappa shape index (κ1) is 15.3. The van der Waals surface area contributed by atoms with E-state index in [1.165, 1.54) is 12.1 Å². The fraction of sp³-hybridized carbons (Fsp3) is 0.133. The van der Waals surface area contributed by atoms with Crippen molar-refractivity contribution in [3.05, 3.63) is 52.3 Å². The SMILES string of the molecule is CCOc1ccc(-c2ccc(/C=C/C(N)=O)o2)c([N+](=O)[O-])c1. The third-order valence-corrected chi connectivity index (χ3v) is 2.78. The highest BCUT2D eigenvalue weighted by Crippen LogP contribution is 2.34. The number of amides is 1. The number of primary amides is 1. The second-order valence-corrected chi connectivity index (χ2v) is 4.31. The minimum atomic E-state index is -0.606. The van der Waals surface area contributed by atoms with E-state index in [4.69, 9.17) is 14.9 Å². The van der Waals surface area contributed by atoms with Crippen LogP contribution in [0.4, 0.5) is 5.69 Å². The third-order valence-electron chi connectivity index (χ3n) is 2.78. The highest BCUT2D eigenvalue weighted by molar-refractivity contribution is 5.90. The minimum absolute atomic E-state index is 0.120. The molecule has 1 heterocycles. The fourth-order valence-electron chi connectivity index (χ4n) is 1.88. The molecule has 2 aromatic rings. The van der Waals surface area contributed by atoms with Crippen LogP contribution in [-0.4, -0.2) is 17.4 Å². The molecule has 7 heteroatoms. The quantitative estimate of drug-likeness (QED) is 0.501. The van der Waals surface area contributed by atoms with Gasteiger partial charge in [0.25, 0.3) is 5.69 Å². The number of nitro benzene ring substituents is 1. The molecule has 0 saturated carbocycles. The first-order valence-electron chi connectivity index (χ1n) is 6.50. The molecule has 0 bridgehead atoms. The maximum absolute atomic E-state index is 11.2. The highest BCUT2D eigenvalue weighted by atomic mass is 16.6. The first-order chi connectivity index (χ1) is 10.5. The average molecular weight is 302 g/mol. The van der Waals surface area contributed by atoms with E-state index in [1.54, 1.807) is 31.2 Å². The van der Waals surface area contributed by atoms with Crippen LogP contribution in [0.25, 0.3) is 17.4 Å². The first-order valence-corrected chi connectivity index (χ1v) is 6.50. The van der Waals surface area contributed by atoms with Crippen molar-refractivity contribution in [2.75, 3.05) is 6.61 Å². The minimum Gasteiger partial charge on any atom is -0.494 e. The Morgan fingerprint density at radius 3 is 2.82 bits per heavy atom. The van der Waals surface area contributed by atoms with Crippen molar-refractivity contribution < 1.29 is 18.9 Å². The monoisotopic (exact) mass is 302 g/mol. The summed E-state index contributed by atoms with van der Waals surface area (Å²) >= 11 is 0. The number of nitrogens with zero attached hydrogens (tertiary/aromatic N) is 1. The van der Waals surface area contributed by atoms with Crippen LogP contribution in [0.5, 0.6) is 5.75 Å². The summed E-state index contributed by atoms with van der Waals surface area (Å²) in [6.45, 7) is 2.21. The van der Waals surface area contributed by atoms with Crippen molar-refractivity contribution in [3.63, 3.8) is 0 Å². The molecule has 22 heavy (non-hydrogen) atoms. The lowest BCUT2D eigenvalue weighted by Crippen LogP contribution is -2.04. The number of carbonyl (C=O) groups excluding carboxylic acids is 1. The smallest absolute Gasteiger partial charge is 0.284 e. The predicted octanol–water partition coefficient (Wildman–Crippen LogP) is 2.75. The number of ether oxygens (including phenoxy) is 1. The van der Waals surface area contributed by atoms with Gasteiger partial charge < -0.3 is 14.9 Å². The summed E-state index contributed by atoms with van der Waals surface area (Å²) in [4.78, 5) is 21.4. The largest absolute Gasteiger partial charge is 0.494 e. The Bertz CT molecular complexity index is 733. The normalized spacial score (nSPS) is 10.8. The zero-order valence-corrected chi connectivity index (χ0v) is 11.8. The molecule has 0 atom stereocenters. The van der Waals surface area contributed by atoms with E-state index in [-0.39, 0.29) is 5.69 Å². The molecule has 114 valence electrons. The van der Waals surface area contributed by atoms with E-state index in [2.05, 4.69) is 0 Å². The van der Waals surface area contributed by atoms with E-state index in [9.17, 15) is 14.9 Å². The summed E-state index contributed by atoms with van der Waals surface area (Å²) in [5.74, 6) is 0.499. The van der Waals surface area contributed by atoms with Crippen LogP contribution in [0.15, 0.2) is 40.8 Å². The Labute approximate surface area is 126 Å². The molecule has 1 amide bonds. The molecule has 0 aliphatic rings. The average Bonchev–Trinajstić information content (AvgIpc) is 2.94. The van der Waals surface area contributed by atoms with E-state index in [1.807, 2.05) is 0 Å². The van der Waals surface area contributed by atoms with Gasteiger partial charge in [-0.05, 0) is 37.3 Å². The Morgan fingerprint density at radius 1 is 1.41 bits per heavy atom. The van der Waals surface area contributed by atoms with E-state index in [0.717, 1.165) is 6.08 Å². The standard InChI is InChI=1S/C15H14N2O5/c1-2-21-11-3-6-12(13(9-11)17(19)20)14-7-4-10(22-14)5-8-15(16)18/h3-9H,2H2,1H3,(H2,16,18)/b8-5+. The molecule has 2 rings (SSSR count). The van der Waals surface area contributed by atoms with E-state index < -0.39 is 10.8 Å². The van der Waals surface area contributed by atoms with Gasteiger partial charge in [0.15, 0.2) is 0 Å². The maximum atomic E-state index is 11.2. The number of carbonyl (C=O) groups is 1. The van der Waals surface area contributed by atoms with Gasteiger partial charge in [-0.25, -0.2) is 0 Å². The van der Waals surface area contributed by atoms with E-state index >= 15 is 0 Å². The van der Waals surface area contributed by atoms with Crippen molar-refractivity contribution >= 4 is 17.7 Å². The van der Waals surface area contributed by atoms with Gasteiger partial charge in [0.05, 0.1) is 23.2 Å². The Morgan fingerprint density at radius 2 is 2.18 bits per heavy atom. The Balaban J connectivity index is 2.39. The van der Waals surface area contributed by atoms with Crippen LogP contribution in [0.3, 0.4) is 0 Å². The van der Waals surface area contributed by atoms with Gasteiger partial charge in [-0.15, -0.1) is 0 Å². The third kappa shape index (κ3) is 3.51. The molecule has 0 saturated heterocycles. The number of hydrogen-bond acceptors (Lipinski definition) is 5. The second kappa shape index (κ2) is 6.57. The lowest BCUT2D eigenvalue weighted by atomic mass is 10.1. The van der Waals surface area contributed by atoms with Crippen LogP contribution >= 0.6 is 0 Å². The summed E-state index contributed by atoms with van der Waals surface area (Å²) in [5.41, 5.74) is 5.20. The van der Waals surface area contributed by atoms with Gasteiger partial charge in [-0.2, -0.15) is 0 Å². The number of nitrogens with two attached hydrogens (primary N) is 1. The predicted molar refractivity (Wildman–Crippen MR) is 80.2 cm³/mol. The molecule has 1 aromatic carbocycles. The molecule has 0 spiro atoms. The van der Waals surface area contributed by atoms with Crippen LogP contribution in [-0.2, 0) is 4.79 Å². The van der Waals surface area contributed by atoms with Crippen LogP contribution in [0.1, 0.15) is 12.7 Å². The van der Waals surface area contributed by atoms with Crippen LogP contribution < -0.4 is 10.5 Å². The molecule has 0 fully saturated rings. The number of nitro groups is 1. The number of hydrogen-bond donors (Lipinski definition) is 1. The second-order valence-electron chi connectivity index (χ2n) is 4.31. The van der Waals surface area contributed by atoms with Crippen molar-refractivity contribution in [3.8, 4) is 17.1 Å². The van der Waals surface area contributed by atoms with Crippen molar-refractivity contribution in [2.45, 2.75) is 6.92 Å². The van der Waals surface area contributed by atoms with Gasteiger partial charge in [-0.1, -0.05) is 0 Å². The van der Waals surface area contributed by atoms with Crippen LogP contribution in [0, 0.1) is 10.1 Å². The van der Waals surface area contributed by atoms with Gasteiger partial charge >= 0.3 is 0 Å². The molecule has 0 radical (unpaired) electrons. The van der Waals surface area contributed by atoms with Crippen molar-refractivity contribution in [1.29, 1.82) is 0 Å². The number of furan rings is 1. The number of rotatable bonds is 6. The van der Waals surface area contributed by atoms with Gasteiger partial charge in [0.2, 0.25) is 5.91 Å². The zero-order valence-electron chi connectivity index (χ0n) is 11.8. The van der Waals surface area contributed by atoms with Crippen molar-refractivity contribution in [1.82, 2.24) is 0 Å². The highest BCUT2D eigenvalue weighted by Gasteiger charge is 2.19. The van der Waals surface area contributed by atoms with Crippen LogP contribution in [0.2, 0.25) is 0 Å². The Kier molecular flexibility index (Phi) is 4.57. The summed E-state index contributed by atoms with van der Waals surface area (Å²) in [5, 5.41) is 11.2. The van der Waals surface area contributed by atoms with Crippen molar-refractivity contribution in [2.24, 2.45) is 5.73 Å². The molecule has 2 N–H and O–H groups in total. The topological polar surface area (TPSA) is 109 Å². The molecule has 0 aliphatic carbocycles. The fourth-order valence-corrected chi connectivity index (χ4v) is 1.88. The maximum Gasteiger partial charge on any atom is 0.284 e. The molecular formula is C15H14N2O5. The van der Waals surface area contributed by atoms with Gasteiger partial charge in [0, 0.05) is 6.08 Å². The summed E-state index contributed by atoms with van der Waals surface area (Å²) in [6.07, 6.45) is 2.54. The lowest BCUT2D eigenvalue weighted by Gasteiger charge is -2.05. The summed E-state index contributed by atoms with van der Waals surface area (Å²) < 4.78 is 10.7. The molecule has 0 aliphatic heterocycles. The van der Waals surface area contributed by atoms with Gasteiger partial charge in [-0.3, -0.25) is 14.9 Å². The molecule has 7 nitrogen and oxygen atoms in total. The zero-order chi connectivity index (χ0) is 16.1. The summed E-state index contributed by atoms with van der Waals surface area (Å²) in [7, 11) is 0.